The Bertz CT molecular complexity index is 446. The minimum atomic E-state index is -0.921. The standard InChI is InChI=1S/C14H17NO3/c1-4-10-17-15-11-8-6-5-7-9-12(11)18-14(2,3)13(15)16/h4-9,11H,1,10H2,2-3H3. The number of hydroxylamine groups is 2. The topological polar surface area (TPSA) is 38.8 Å². The van der Waals surface area contributed by atoms with Gasteiger partial charge >= 0.3 is 0 Å². The van der Waals surface area contributed by atoms with E-state index in [0.717, 1.165) is 0 Å². The number of hydrogen-bond donors (Lipinski definition) is 0. The SMILES string of the molecule is C=CCON1C(=O)C(C)(C)OC2=CC=CC=CC21. The lowest BCUT2D eigenvalue weighted by molar-refractivity contribution is -0.223. The number of rotatable bonds is 3. The van der Waals surface area contributed by atoms with Gasteiger partial charge in [0.2, 0.25) is 0 Å². The highest BCUT2D eigenvalue weighted by Crippen LogP contribution is 2.31. The van der Waals surface area contributed by atoms with Crippen molar-refractivity contribution in [3.05, 3.63) is 48.8 Å². The number of amides is 1. The molecule has 0 aromatic rings. The molecule has 2 rings (SSSR count). The summed E-state index contributed by atoms with van der Waals surface area (Å²) < 4.78 is 5.74. The van der Waals surface area contributed by atoms with Crippen LogP contribution in [0.2, 0.25) is 0 Å². The summed E-state index contributed by atoms with van der Waals surface area (Å²) in [6.07, 6.45) is 11.0. The summed E-state index contributed by atoms with van der Waals surface area (Å²) in [5.41, 5.74) is -0.921. The summed E-state index contributed by atoms with van der Waals surface area (Å²) in [5.74, 6) is 0.506. The molecule has 2 aliphatic rings. The number of fused-ring (bicyclic) bond motifs is 1. The van der Waals surface area contributed by atoms with E-state index in [1.54, 1.807) is 19.9 Å². The fraction of sp³-hybridized carbons (Fsp3) is 0.357. The lowest BCUT2D eigenvalue weighted by Gasteiger charge is -2.42. The largest absolute Gasteiger partial charge is 0.480 e. The van der Waals surface area contributed by atoms with Crippen LogP contribution < -0.4 is 0 Å². The number of carbonyl (C=O) groups excluding carboxylic acids is 1. The first-order chi connectivity index (χ1) is 8.56. The van der Waals surface area contributed by atoms with Crippen LogP contribution in [0.4, 0.5) is 0 Å². The van der Waals surface area contributed by atoms with Crippen molar-refractivity contribution in [2.45, 2.75) is 25.5 Å². The Morgan fingerprint density at radius 1 is 1.50 bits per heavy atom. The molecule has 1 unspecified atom stereocenters. The molecule has 0 aromatic carbocycles. The summed E-state index contributed by atoms with van der Waals surface area (Å²) in [6.45, 7) is 7.34. The van der Waals surface area contributed by atoms with Gasteiger partial charge in [0.1, 0.15) is 11.8 Å². The molecule has 1 amide bonds. The first-order valence-corrected chi connectivity index (χ1v) is 5.88. The van der Waals surface area contributed by atoms with Crippen molar-refractivity contribution in [2.24, 2.45) is 0 Å². The number of nitrogens with zero attached hydrogens (tertiary/aromatic N) is 1. The Labute approximate surface area is 107 Å². The van der Waals surface area contributed by atoms with Gasteiger partial charge in [-0.15, -0.1) is 6.58 Å². The molecule has 1 aliphatic heterocycles. The Morgan fingerprint density at radius 3 is 3.00 bits per heavy atom. The van der Waals surface area contributed by atoms with Crippen molar-refractivity contribution >= 4 is 5.91 Å². The third-order valence-corrected chi connectivity index (χ3v) is 2.74. The molecule has 4 nitrogen and oxygen atoms in total. The van der Waals surface area contributed by atoms with Gasteiger partial charge in [-0.05, 0) is 19.9 Å². The molecule has 0 N–H and O–H groups in total. The Balaban J connectivity index is 2.33. The van der Waals surface area contributed by atoms with E-state index < -0.39 is 5.60 Å². The van der Waals surface area contributed by atoms with Crippen LogP contribution in [0.3, 0.4) is 0 Å². The summed E-state index contributed by atoms with van der Waals surface area (Å²) in [5, 5.41) is 1.36. The number of morpholine rings is 1. The minimum Gasteiger partial charge on any atom is -0.480 e. The highest BCUT2D eigenvalue weighted by atomic mass is 16.7. The molecule has 96 valence electrons. The molecule has 1 heterocycles. The van der Waals surface area contributed by atoms with Crippen molar-refractivity contribution in [2.75, 3.05) is 6.61 Å². The summed E-state index contributed by atoms with van der Waals surface area (Å²) in [7, 11) is 0. The third kappa shape index (κ3) is 2.24. The van der Waals surface area contributed by atoms with E-state index in [1.807, 2.05) is 30.4 Å². The zero-order valence-corrected chi connectivity index (χ0v) is 10.6. The maximum absolute atomic E-state index is 12.3. The third-order valence-electron chi connectivity index (χ3n) is 2.74. The van der Waals surface area contributed by atoms with Crippen LogP contribution in [-0.2, 0) is 14.4 Å². The van der Waals surface area contributed by atoms with E-state index in [1.165, 1.54) is 5.06 Å². The predicted molar refractivity (Wildman–Crippen MR) is 68.3 cm³/mol. The number of carbonyl (C=O) groups is 1. The van der Waals surface area contributed by atoms with Crippen LogP contribution in [0.25, 0.3) is 0 Å². The van der Waals surface area contributed by atoms with E-state index in [-0.39, 0.29) is 18.6 Å². The van der Waals surface area contributed by atoms with Crippen molar-refractivity contribution < 1.29 is 14.4 Å². The average Bonchev–Trinajstić information content (AvgIpc) is 2.54. The molecule has 1 aliphatic carbocycles. The van der Waals surface area contributed by atoms with E-state index in [4.69, 9.17) is 9.57 Å². The quantitative estimate of drug-likeness (QED) is 0.717. The van der Waals surface area contributed by atoms with Crippen molar-refractivity contribution in [1.82, 2.24) is 5.06 Å². The Hall–Kier alpha value is -1.81. The molecule has 0 spiro atoms. The zero-order valence-electron chi connectivity index (χ0n) is 10.6. The lowest BCUT2D eigenvalue weighted by atomic mass is 10.0. The Morgan fingerprint density at radius 2 is 2.28 bits per heavy atom. The van der Waals surface area contributed by atoms with Gasteiger partial charge in [0.25, 0.3) is 5.91 Å². The first-order valence-electron chi connectivity index (χ1n) is 5.88. The van der Waals surface area contributed by atoms with Gasteiger partial charge in [0, 0.05) is 0 Å². The van der Waals surface area contributed by atoms with Crippen molar-refractivity contribution in [3.63, 3.8) is 0 Å². The zero-order chi connectivity index (χ0) is 13.2. The van der Waals surface area contributed by atoms with Crippen LogP contribution in [0, 0.1) is 0 Å². The van der Waals surface area contributed by atoms with Crippen molar-refractivity contribution in [1.29, 1.82) is 0 Å². The summed E-state index contributed by atoms with van der Waals surface area (Å²) in [6, 6.07) is -0.319. The van der Waals surface area contributed by atoms with Crippen LogP contribution in [0.5, 0.6) is 0 Å². The molecule has 0 bridgehead atoms. The van der Waals surface area contributed by atoms with Gasteiger partial charge in [-0.1, -0.05) is 30.4 Å². The maximum Gasteiger partial charge on any atom is 0.290 e. The molecule has 0 radical (unpaired) electrons. The second-order valence-electron chi connectivity index (χ2n) is 4.61. The van der Waals surface area contributed by atoms with E-state index in [0.29, 0.717) is 5.76 Å². The second kappa shape index (κ2) is 4.82. The molecular formula is C14H17NO3. The maximum atomic E-state index is 12.3. The Kier molecular flexibility index (Phi) is 3.39. The van der Waals surface area contributed by atoms with Crippen LogP contribution >= 0.6 is 0 Å². The highest BCUT2D eigenvalue weighted by molar-refractivity contribution is 5.85. The number of hydrogen-bond acceptors (Lipinski definition) is 3. The summed E-state index contributed by atoms with van der Waals surface area (Å²) in [4.78, 5) is 17.8. The first kappa shape index (κ1) is 12.6. The van der Waals surface area contributed by atoms with Gasteiger partial charge in [-0.3, -0.25) is 9.63 Å². The van der Waals surface area contributed by atoms with Crippen molar-refractivity contribution in [3.8, 4) is 0 Å². The molecular weight excluding hydrogens is 230 g/mol. The van der Waals surface area contributed by atoms with Gasteiger partial charge in [-0.25, -0.2) is 5.06 Å². The van der Waals surface area contributed by atoms with E-state index >= 15 is 0 Å². The van der Waals surface area contributed by atoms with Gasteiger partial charge in [-0.2, -0.15) is 0 Å². The van der Waals surface area contributed by atoms with Crippen LogP contribution in [0.15, 0.2) is 48.8 Å². The fourth-order valence-corrected chi connectivity index (χ4v) is 1.87. The molecule has 0 saturated carbocycles. The van der Waals surface area contributed by atoms with E-state index in [9.17, 15) is 4.79 Å². The summed E-state index contributed by atoms with van der Waals surface area (Å²) >= 11 is 0. The molecule has 4 heteroatoms. The van der Waals surface area contributed by atoms with Crippen LogP contribution in [-0.4, -0.2) is 29.2 Å². The lowest BCUT2D eigenvalue weighted by Crippen LogP contribution is -2.56. The van der Waals surface area contributed by atoms with E-state index in [2.05, 4.69) is 6.58 Å². The molecule has 0 aromatic heterocycles. The highest BCUT2D eigenvalue weighted by Gasteiger charge is 2.45. The normalized spacial score (nSPS) is 25.0. The number of allylic oxidation sites excluding steroid dienone is 4. The van der Waals surface area contributed by atoms with Gasteiger partial charge < -0.3 is 4.74 Å². The van der Waals surface area contributed by atoms with Crippen LogP contribution in [0.1, 0.15) is 13.8 Å². The monoisotopic (exact) mass is 247 g/mol. The second-order valence-corrected chi connectivity index (χ2v) is 4.61. The molecule has 1 fully saturated rings. The molecule has 18 heavy (non-hydrogen) atoms. The fourth-order valence-electron chi connectivity index (χ4n) is 1.87. The van der Waals surface area contributed by atoms with Gasteiger partial charge in [0.15, 0.2) is 5.60 Å². The average molecular weight is 247 g/mol. The van der Waals surface area contributed by atoms with Gasteiger partial charge in [0.05, 0.1) is 6.61 Å². The predicted octanol–water partition coefficient (Wildman–Crippen LogP) is 2.12. The smallest absolute Gasteiger partial charge is 0.290 e. The minimum absolute atomic E-state index is 0.196. The molecule has 1 saturated heterocycles. The number of ether oxygens (including phenoxy) is 1. The molecule has 1 atom stereocenters.